The second-order valence-corrected chi connectivity index (χ2v) is 6.14. The van der Waals surface area contributed by atoms with E-state index in [1.54, 1.807) is 12.1 Å². The Kier molecular flexibility index (Phi) is 4.00. The van der Waals surface area contributed by atoms with Gasteiger partial charge in [0.05, 0.1) is 11.9 Å². The molecule has 3 nitrogen and oxygen atoms in total. The first-order valence-electron chi connectivity index (χ1n) is 4.17. The Bertz CT molecular complexity index is 372. The van der Waals surface area contributed by atoms with Crippen LogP contribution in [0.2, 0.25) is 0 Å². The third kappa shape index (κ3) is 4.15. The Balaban J connectivity index is 2.56. The molecule has 78 valence electrons. The van der Waals surface area contributed by atoms with Crippen LogP contribution in [0.1, 0.15) is 18.1 Å². The van der Waals surface area contributed by atoms with Crippen molar-refractivity contribution < 1.29 is 13.9 Å². The van der Waals surface area contributed by atoms with Gasteiger partial charge in [-0.05, 0) is 12.0 Å². The molecule has 5 heteroatoms. The molecule has 0 amide bonds. The normalized spacial score (nSPS) is 17.3. The molecule has 1 rings (SSSR count). The second-order valence-electron chi connectivity index (χ2n) is 3.00. The first-order chi connectivity index (χ1) is 6.49. The van der Waals surface area contributed by atoms with Crippen LogP contribution in [-0.4, -0.2) is 19.6 Å². The molecule has 0 heterocycles. The highest BCUT2D eigenvalue weighted by molar-refractivity contribution is 8.29. The summed E-state index contributed by atoms with van der Waals surface area (Å²) in [5, 5.41) is 9.60. The fourth-order valence-electron chi connectivity index (χ4n) is 1.10. The lowest BCUT2D eigenvalue weighted by Crippen LogP contribution is -2.07. The van der Waals surface area contributed by atoms with Crippen molar-refractivity contribution in [2.45, 2.75) is 12.5 Å². The van der Waals surface area contributed by atoms with Gasteiger partial charge in [0, 0.05) is 11.2 Å². The topological polar surface area (TPSA) is 57.5 Å². The summed E-state index contributed by atoms with van der Waals surface area (Å²) in [5.41, 5.74) is 0.742. The summed E-state index contributed by atoms with van der Waals surface area (Å²) in [6.45, 7) is 0. The van der Waals surface area contributed by atoms with Gasteiger partial charge in [0.1, 0.15) is 8.77 Å². The molecule has 2 atom stereocenters. The number of hydrogen-bond acceptors (Lipinski definition) is 3. The van der Waals surface area contributed by atoms with Crippen LogP contribution in [0.15, 0.2) is 30.3 Å². The maximum Gasteiger partial charge on any atom is 0.141 e. The maximum atomic E-state index is 10.8. The zero-order chi connectivity index (χ0) is 10.6. The van der Waals surface area contributed by atoms with Gasteiger partial charge < -0.3 is 9.66 Å². The molecule has 0 radical (unpaired) electrons. The molecule has 1 aromatic carbocycles. The molecule has 0 saturated carbocycles. The molecule has 0 saturated heterocycles. The summed E-state index contributed by atoms with van der Waals surface area (Å²) >= 11 is 4.33. The monoisotopic (exact) mass is 232 g/mol. The van der Waals surface area contributed by atoms with Crippen LogP contribution in [0.25, 0.3) is 0 Å². The average molecular weight is 232 g/mol. The van der Waals surface area contributed by atoms with E-state index in [1.165, 1.54) is 0 Å². The van der Waals surface area contributed by atoms with E-state index in [0.29, 0.717) is 0 Å². The molecule has 1 aromatic rings. The number of aliphatic hydroxyl groups is 1. The van der Waals surface area contributed by atoms with Crippen LogP contribution in [0, 0.1) is 0 Å². The van der Waals surface area contributed by atoms with Gasteiger partial charge in [-0.3, -0.25) is 0 Å². The van der Waals surface area contributed by atoms with E-state index >= 15 is 0 Å². The van der Waals surface area contributed by atoms with Gasteiger partial charge in [0.15, 0.2) is 0 Å². The van der Waals surface area contributed by atoms with Crippen LogP contribution >= 0.6 is 0 Å². The number of rotatable bonds is 4. The third-order valence-electron chi connectivity index (χ3n) is 1.83. The van der Waals surface area contributed by atoms with Crippen molar-refractivity contribution in [3.8, 4) is 0 Å². The molecular formula is C9H12O3S2. The van der Waals surface area contributed by atoms with E-state index in [-0.39, 0.29) is 12.2 Å². The van der Waals surface area contributed by atoms with Gasteiger partial charge in [-0.2, -0.15) is 0 Å². The summed E-state index contributed by atoms with van der Waals surface area (Å²) in [7, 11) is -3.15. The molecule has 2 N–H and O–H groups in total. The molecule has 1 unspecified atom stereocenters. The van der Waals surface area contributed by atoms with Crippen molar-refractivity contribution in [3.63, 3.8) is 0 Å². The zero-order valence-corrected chi connectivity index (χ0v) is 9.13. The third-order valence-corrected chi connectivity index (χ3v) is 3.09. The van der Waals surface area contributed by atoms with Gasteiger partial charge in [-0.1, -0.05) is 30.3 Å². The standard InChI is InChI=1S/C9H12O3S2/c10-9(6-7-14(11,12)13)8-4-2-1-3-5-8/h1-5,9-10H,6-7H2,(H,11,12,13). The lowest BCUT2D eigenvalue weighted by molar-refractivity contribution is 0.174. The number of aliphatic hydroxyl groups excluding tert-OH is 1. The van der Waals surface area contributed by atoms with E-state index < -0.39 is 14.9 Å². The summed E-state index contributed by atoms with van der Waals surface area (Å²) in [4.78, 5) is 0. The fraction of sp³-hybridized carbons (Fsp3) is 0.333. The minimum atomic E-state index is -3.15. The average Bonchev–Trinajstić information content (AvgIpc) is 2.14. The van der Waals surface area contributed by atoms with E-state index in [2.05, 4.69) is 11.2 Å². The Morgan fingerprint density at radius 2 is 1.93 bits per heavy atom. The van der Waals surface area contributed by atoms with Crippen molar-refractivity contribution in [2.75, 3.05) is 5.75 Å². The predicted octanol–water partition coefficient (Wildman–Crippen LogP) is 1.33. The van der Waals surface area contributed by atoms with Crippen LogP contribution in [-0.2, 0) is 20.0 Å². The lowest BCUT2D eigenvalue weighted by atomic mass is 10.1. The minimum absolute atomic E-state index is 0.0571. The molecule has 0 aromatic heterocycles. The molecule has 0 fully saturated rings. The molecule has 0 spiro atoms. The Hall–Kier alpha value is -0.490. The fourth-order valence-corrected chi connectivity index (χ4v) is 1.91. The maximum absolute atomic E-state index is 10.8. The lowest BCUT2D eigenvalue weighted by Gasteiger charge is -2.09. The van der Waals surface area contributed by atoms with Crippen molar-refractivity contribution in [1.29, 1.82) is 0 Å². The Morgan fingerprint density at radius 1 is 1.36 bits per heavy atom. The van der Waals surface area contributed by atoms with E-state index in [9.17, 15) is 9.32 Å². The van der Waals surface area contributed by atoms with Gasteiger partial charge >= 0.3 is 0 Å². The number of benzene rings is 1. The summed E-state index contributed by atoms with van der Waals surface area (Å²) < 4.78 is 19.6. The van der Waals surface area contributed by atoms with Crippen molar-refractivity contribution in [1.82, 2.24) is 0 Å². The van der Waals surface area contributed by atoms with Crippen molar-refractivity contribution >= 4 is 20.0 Å². The van der Waals surface area contributed by atoms with E-state index in [0.717, 1.165) is 5.56 Å². The highest BCUT2D eigenvalue weighted by Gasteiger charge is 2.09. The Morgan fingerprint density at radius 3 is 2.43 bits per heavy atom. The first kappa shape index (κ1) is 11.6. The second kappa shape index (κ2) is 4.84. The van der Waals surface area contributed by atoms with Crippen molar-refractivity contribution in [2.24, 2.45) is 0 Å². The van der Waals surface area contributed by atoms with Crippen molar-refractivity contribution in [3.05, 3.63) is 35.9 Å². The molecule has 0 aliphatic heterocycles. The zero-order valence-electron chi connectivity index (χ0n) is 7.50. The Labute approximate surface area is 88.3 Å². The van der Waals surface area contributed by atoms with Gasteiger partial charge in [-0.15, -0.1) is 0 Å². The summed E-state index contributed by atoms with van der Waals surface area (Å²) in [6, 6.07) is 9.00. The van der Waals surface area contributed by atoms with E-state index in [4.69, 9.17) is 4.55 Å². The molecule has 14 heavy (non-hydrogen) atoms. The summed E-state index contributed by atoms with van der Waals surface area (Å²) in [5.74, 6) is -0.0571. The largest absolute Gasteiger partial charge is 0.388 e. The van der Waals surface area contributed by atoms with Gasteiger partial charge in [0.25, 0.3) is 0 Å². The van der Waals surface area contributed by atoms with Crippen LogP contribution in [0.4, 0.5) is 0 Å². The highest BCUT2D eigenvalue weighted by atomic mass is 32.8. The highest BCUT2D eigenvalue weighted by Crippen LogP contribution is 2.16. The first-order valence-corrected chi connectivity index (χ1v) is 6.78. The molecule has 0 aliphatic rings. The summed E-state index contributed by atoms with van der Waals surface area (Å²) in [6.07, 6.45) is -0.504. The molecule has 0 bridgehead atoms. The SMILES string of the molecule is O=[S@](O)(=S)CCC(O)c1ccccc1. The smallest absolute Gasteiger partial charge is 0.141 e. The van der Waals surface area contributed by atoms with Crippen LogP contribution in [0.3, 0.4) is 0 Å². The minimum Gasteiger partial charge on any atom is -0.388 e. The van der Waals surface area contributed by atoms with Gasteiger partial charge in [0.2, 0.25) is 0 Å². The molecule has 0 aliphatic carbocycles. The van der Waals surface area contributed by atoms with Gasteiger partial charge in [-0.25, -0.2) is 4.21 Å². The molecular weight excluding hydrogens is 220 g/mol. The predicted molar refractivity (Wildman–Crippen MR) is 59.0 cm³/mol. The number of hydrogen-bond donors (Lipinski definition) is 2. The van der Waals surface area contributed by atoms with E-state index in [1.807, 2.05) is 18.2 Å². The van der Waals surface area contributed by atoms with Crippen LogP contribution < -0.4 is 0 Å². The van der Waals surface area contributed by atoms with Crippen LogP contribution in [0.5, 0.6) is 0 Å². The quantitative estimate of drug-likeness (QED) is 0.822.